The summed E-state index contributed by atoms with van der Waals surface area (Å²) in [4.78, 5) is 12.1. The Kier molecular flexibility index (Phi) is 4.42. The van der Waals surface area contributed by atoms with Crippen molar-refractivity contribution in [2.24, 2.45) is 7.05 Å². The molecule has 0 atom stereocenters. The zero-order valence-corrected chi connectivity index (χ0v) is 12.0. The molecule has 0 saturated heterocycles. The summed E-state index contributed by atoms with van der Waals surface area (Å²) in [5.74, 6) is -0.0455. The maximum Gasteiger partial charge on any atom is 0.251 e. The van der Waals surface area contributed by atoms with Crippen LogP contribution in [0, 0.1) is 0 Å². The second kappa shape index (κ2) is 6.07. The predicted molar refractivity (Wildman–Crippen MR) is 78.6 cm³/mol. The molecule has 2 aromatic rings. The van der Waals surface area contributed by atoms with Crippen LogP contribution < -0.4 is 10.6 Å². The number of aromatic nitrogens is 2. The number of hydrogen-bond acceptors (Lipinski definition) is 3. The first kappa shape index (κ1) is 14.6. The van der Waals surface area contributed by atoms with Crippen LogP contribution in [0.15, 0.2) is 30.5 Å². The van der Waals surface area contributed by atoms with Crippen LogP contribution in [-0.4, -0.2) is 15.7 Å². The molecule has 1 aliphatic heterocycles. The molecule has 2 N–H and O–H groups in total. The van der Waals surface area contributed by atoms with Gasteiger partial charge in [0.25, 0.3) is 5.91 Å². The number of nitrogens with one attached hydrogen (secondary N) is 2. The molecule has 2 heterocycles. The van der Waals surface area contributed by atoms with Crippen LogP contribution in [0.3, 0.4) is 0 Å². The summed E-state index contributed by atoms with van der Waals surface area (Å²) in [6.45, 7) is 2.23. The lowest BCUT2D eigenvalue weighted by Crippen LogP contribution is -2.24. The first-order valence-corrected chi connectivity index (χ1v) is 6.31. The number of carbonyl (C=O) groups is 1. The third-order valence-corrected chi connectivity index (χ3v) is 3.45. The van der Waals surface area contributed by atoms with Gasteiger partial charge in [-0.1, -0.05) is 6.07 Å². The molecule has 5 nitrogen and oxygen atoms in total. The Morgan fingerprint density at radius 3 is 2.90 bits per heavy atom. The van der Waals surface area contributed by atoms with Gasteiger partial charge in [0.2, 0.25) is 0 Å². The summed E-state index contributed by atoms with van der Waals surface area (Å²) in [6.07, 6.45) is 1.72. The van der Waals surface area contributed by atoms with E-state index in [1.54, 1.807) is 10.9 Å². The van der Waals surface area contributed by atoms with Crippen molar-refractivity contribution in [3.63, 3.8) is 0 Å². The van der Waals surface area contributed by atoms with Crippen LogP contribution >= 0.6 is 12.4 Å². The van der Waals surface area contributed by atoms with Gasteiger partial charge in [0, 0.05) is 31.9 Å². The highest BCUT2D eigenvalue weighted by molar-refractivity contribution is 5.94. The largest absolute Gasteiger partial charge is 0.346 e. The number of rotatable bonds is 3. The standard InChI is InChI=1S/C14H16N4O.ClH/c1-18-13(4-5-17-18)9-16-14(19)10-2-3-11-7-15-8-12(11)6-10;/h2-6,15H,7-9H2,1H3,(H,16,19);1H. The molecule has 3 rings (SSSR count). The van der Waals surface area contributed by atoms with Crippen LogP contribution in [0.2, 0.25) is 0 Å². The molecule has 106 valence electrons. The summed E-state index contributed by atoms with van der Waals surface area (Å²) < 4.78 is 1.76. The van der Waals surface area contributed by atoms with Crippen molar-refractivity contribution < 1.29 is 4.79 Å². The van der Waals surface area contributed by atoms with E-state index in [0.29, 0.717) is 12.1 Å². The quantitative estimate of drug-likeness (QED) is 0.898. The van der Waals surface area contributed by atoms with Crippen molar-refractivity contribution in [1.82, 2.24) is 20.4 Å². The molecule has 1 aromatic carbocycles. The van der Waals surface area contributed by atoms with E-state index in [9.17, 15) is 4.79 Å². The SMILES string of the molecule is Cl.Cn1nccc1CNC(=O)c1ccc2c(c1)CNC2. The smallest absolute Gasteiger partial charge is 0.251 e. The van der Waals surface area contributed by atoms with E-state index in [4.69, 9.17) is 0 Å². The maximum absolute atomic E-state index is 12.1. The van der Waals surface area contributed by atoms with E-state index in [-0.39, 0.29) is 18.3 Å². The third-order valence-electron chi connectivity index (χ3n) is 3.45. The fraction of sp³-hybridized carbons (Fsp3) is 0.286. The summed E-state index contributed by atoms with van der Waals surface area (Å²) >= 11 is 0. The van der Waals surface area contributed by atoms with Gasteiger partial charge in [-0.3, -0.25) is 9.48 Å². The normalized spacial score (nSPS) is 12.7. The Bertz CT molecular complexity index is 623. The number of hydrogen-bond donors (Lipinski definition) is 2. The Balaban J connectivity index is 0.00000147. The van der Waals surface area contributed by atoms with E-state index < -0.39 is 0 Å². The van der Waals surface area contributed by atoms with Crippen LogP contribution in [-0.2, 0) is 26.7 Å². The van der Waals surface area contributed by atoms with Crippen molar-refractivity contribution >= 4 is 18.3 Å². The van der Waals surface area contributed by atoms with Gasteiger partial charge in [-0.05, 0) is 29.3 Å². The summed E-state index contributed by atoms with van der Waals surface area (Å²) in [5, 5.41) is 10.3. The number of carbonyl (C=O) groups excluding carboxylic acids is 1. The molecule has 0 saturated carbocycles. The van der Waals surface area contributed by atoms with Crippen LogP contribution in [0.25, 0.3) is 0 Å². The van der Waals surface area contributed by atoms with Crippen molar-refractivity contribution in [3.05, 3.63) is 52.8 Å². The van der Waals surface area contributed by atoms with Gasteiger partial charge >= 0.3 is 0 Å². The average molecular weight is 293 g/mol. The number of halogens is 1. The molecule has 6 heteroatoms. The monoisotopic (exact) mass is 292 g/mol. The summed E-state index contributed by atoms with van der Waals surface area (Å²) in [6, 6.07) is 7.76. The highest BCUT2D eigenvalue weighted by Gasteiger charge is 2.13. The molecule has 0 bridgehead atoms. The lowest BCUT2D eigenvalue weighted by Gasteiger charge is -2.07. The molecule has 0 radical (unpaired) electrons. The number of nitrogens with zero attached hydrogens (tertiary/aromatic N) is 2. The number of amides is 1. The van der Waals surface area contributed by atoms with Crippen molar-refractivity contribution in [3.8, 4) is 0 Å². The van der Waals surface area contributed by atoms with Crippen LogP contribution in [0.4, 0.5) is 0 Å². The Labute approximate surface area is 123 Å². The summed E-state index contributed by atoms with van der Waals surface area (Å²) in [7, 11) is 1.86. The van der Waals surface area contributed by atoms with Gasteiger partial charge in [-0.2, -0.15) is 5.10 Å². The zero-order chi connectivity index (χ0) is 13.2. The first-order chi connectivity index (χ1) is 9.24. The first-order valence-electron chi connectivity index (χ1n) is 6.31. The molecular formula is C14H17ClN4O. The minimum Gasteiger partial charge on any atom is -0.346 e. The fourth-order valence-corrected chi connectivity index (χ4v) is 2.28. The van der Waals surface area contributed by atoms with E-state index >= 15 is 0 Å². The van der Waals surface area contributed by atoms with Gasteiger partial charge in [-0.15, -0.1) is 12.4 Å². The predicted octanol–water partition coefficient (Wildman–Crippen LogP) is 1.38. The van der Waals surface area contributed by atoms with Gasteiger partial charge < -0.3 is 10.6 Å². The zero-order valence-electron chi connectivity index (χ0n) is 11.2. The Morgan fingerprint density at radius 1 is 1.35 bits per heavy atom. The molecule has 0 fully saturated rings. The minimum atomic E-state index is -0.0455. The molecule has 0 spiro atoms. The highest BCUT2D eigenvalue weighted by atomic mass is 35.5. The molecule has 1 amide bonds. The lowest BCUT2D eigenvalue weighted by molar-refractivity contribution is 0.0950. The van der Waals surface area contributed by atoms with E-state index in [2.05, 4.69) is 15.7 Å². The van der Waals surface area contributed by atoms with Crippen molar-refractivity contribution in [1.29, 1.82) is 0 Å². The number of fused-ring (bicyclic) bond motifs is 1. The lowest BCUT2D eigenvalue weighted by atomic mass is 10.1. The molecule has 20 heavy (non-hydrogen) atoms. The van der Waals surface area contributed by atoms with Gasteiger partial charge in [0.1, 0.15) is 0 Å². The Morgan fingerprint density at radius 2 is 2.15 bits per heavy atom. The molecule has 0 unspecified atom stereocenters. The van der Waals surface area contributed by atoms with E-state index in [1.807, 2.05) is 31.3 Å². The highest BCUT2D eigenvalue weighted by Crippen LogP contribution is 2.17. The van der Waals surface area contributed by atoms with E-state index in [0.717, 1.165) is 18.8 Å². The third kappa shape index (κ3) is 2.84. The average Bonchev–Trinajstić information content (AvgIpc) is 3.03. The molecule has 0 aliphatic carbocycles. The second-order valence-corrected chi connectivity index (χ2v) is 4.72. The van der Waals surface area contributed by atoms with Crippen molar-refractivity contribution in [2.75, 3.05) is 0 Å². The topological polar surface area (TPSA) is 59.0 Å². The van der Waals surface area contributed by atoms with Crippen LogP contribution in [0.1, 0.15) is 27.2 Å². The van der Waals surface area contributed by atoms with Gasteiger partial charge in [0.15, 0.2) is 0 Å². The number of aryl methyl sites for hydroxylation is 1. The van der Waals surface area contributed by atoms with Gasteiger partial charge in [0.05, 0.1) is 12.2 Å². The maximum atomic E-state index is 12.1. The Hall–Kier alpha value is -1.85. The minimum absolute atomic E-state index is 0. The van der Waals surface area contributed by atoms with E-state index in [1.165, 1.54) is 11.1 Å². The fourth-order valence-electron chi connectivity index (χ4n) is 2.28. The van der Waals surface area contributed by atoms with Crippen molar-refractivity contribution in [2.45, 2.75) is 19.6 Å². The molecular weight excluding hydrogens is 276 g/mol. The van der Waals surface area contributed by atoms with Gasteiger partial charge in [-0.25, -0.2) is 0 Å². The number of benzene rings is 1. The molecule has 1 aliphatic rings. The summed E-state index contributed by atoms with van der Waals surface area (Å²) in [5.41, 5.74) is 4.19. The second-order valence-electron chi connectivity index (χ2n) is 4.72. The molecule has 1 aromatic heterocycles. The van der Waals surface area contributed by atoms with Crippen LogP contribution in [0.5, 0.6) is 0 Å².